The number of hydrogen-bond acceptors (Lipinski definition) is 1. The van der Waals surface area contributed by atoms with E-state index in [0.29, 0.717) is 10.7 Å². The van der Waals surface area contributed by atoms with Crippen LogP contribution in [-0.4, -0.2) is 9.97 Å². The van der Waals surface area contributed by atoms with Crippen LogP contribution < -0.4 is 0 Å². The van der Waals surface area contributed by atoms with Crippen molar-refractivity contribution in [1.82, 2.24) is 9.97 Å². The van der Waals surface area contributed by atoms with Crippen molar-refractivity contribution < 1.29 is 13.2 Å². The van der Waals surface area contributed by atoms with Crippen molar-refractivity contribution in [2.45, 2.75) is 6.18 Å². The standard InChI is InChI=1S/C12H6ClF3N2/c13-9-5-7-18-11(9)4-3-10-8(12(14,15)16)2-1-6-17-10/h1-2,5-7,18H. The molecule has 92 valence electrons. The van der Waals surface area contributed by atoms with Gasteiger partial charge < -0.3 is 4.98 Å². The Morgan fingerprint density at radius 1 is 1.22 bits per heavy atom. The summed E-state index contributed by atoms with van der Waals surface area (Å²) in [4.78, 5) is 6.34. The second kappa shape index (κ2) is 4.75. The number of rotatable bonds is 0. The third-order valence-electron chi connectivity index (χ3n) is 2.12. The van der Waals surface area contributed by atoms with E-state index in [9.17, 15) is 13.2 Å². The van der Waals surface area contributed by atoms with Gasteiger partial charge in [0.25, 0.3) is 0 Å². The van der Waals surface area contributed by atoms with Crippen LogP contribution in [0.3, 0.4) is 0 Å². The quantitative estimate of drug-likeness (QED) is 0.730. The Bertz CT molecular complexity index is 620. The van der Waals surface area contributed by atoms with Crippen molar-refractivity contribution in [3.8, 4) is 11.8 Å². The minimum Gasteiger partial charge on any atom is -0.354 e. The van der Waals surface area contributed by atoms with Crippen molar-refractivity contribution in [3.05, 3.63) is 52.6 Å². The van der Waals surface area contributed by atoms with Gasteiger partial charge in [-0.05, 0) is 30.0 Å². The van der Waals surface area contributed by atoms with E-state index in [2.05, 4.69) is 21.8 Å². The average Bonchev–Trinajstić information content (AvgIpc) is 2.71. The summed E-state index contributed by atoms with van der Waals surface area (Å²) >= 11 is 5.76. The molecule has 0 aliphatic rings. The number of alkyl halides is 3. The largest absolute Gasteiger partial charge is 0.419 e. The molecule has 1 N–H and O–H groups in total. The summed E-state index contributed by atoms with van der Waals surface area (Å²) in [7, 11) is 0. The van der Waals surface area contributed by atoms with E-state index in [1.54, 1.807) is 12.3 Å². The van der Waals surface area contributed by atoms with E-state index in [0.717, 1.165) is 6.07 Å². The van der Waals surface area contributed by atoms with Gasteiger partial charge in [0, 0.05) is 12.4 Å². The number of halogens is 4. The highest BCUT2D eigenvalue weighted by Gasteiger charge is 2.33. The van der Waals surface area contributed by atoms with Crippen LogP contribution in [-0.2, 0) is 6.18 Å². The van der Waals surface area contributed by atoms with Crippen LogP contribution in [0.2, 0.25) is 5.02 Å². The second-order valence-electron chi connectivity index (χ2n) is 3.35. The molecule has 0 aliphatic carbocycles. The van der Waals surface area contributed by atoms with E-state index in [1.165, 1.54) is 12.3 Å². The molecule has 0 radical (unpaired) electrons. The van der Waals surface area contributed by atoms with Crippen molar-refractivity contribution in [1.29, 1.82) is 0 Å². The third kappa shape index (κ3) is 2.66. The molecule has 2 rings (SSSR count). The lowest BCUT2D eigenvalue weighted by Crippen LogP contribution is -2.08. The third-order valence-corrected chi connectivity index (χ3v) is 2.43. The van der Waals surface area contributed by atoms with Crippen LogP contribution >= 0.6 is 11.6 Å². The Hall–Kier alpha value is -1.93. The summed E-state index contributed by atoms with van der Waals surface area (Å²) in [5, 5.41) is 0.354. The van der Waals surface area contributed by atoms with Gasteiger partial charge in [-0.1, -0.05) is 11.6 Å². The van der Waals surface area contributed by atoms with Gasteiger partial charge in [0.15, 0.2) is 0 Å². The Morgan fingerprint density at radius 2 is 2.00 bits per heavy atom. The Balaban J connectivity index is 2.42. The summed E-state index contributed by atoms with van der Waals surface area (Å²) in [5.41, 5.74) is -0.828. The molecule has 0 aromatic carbocycles. The minimum atomic E-state index is -4.47. The first-order chi connectivity index (χ1) is 8.48. The van der Waals surface area contributed by atoms with Gasteiger partial charge in [-0.25, -0.2) is 4.98 Å². The fraction of sp³-hybridized carbons (Fsp3) is 0.0833. The zero-order chi connectivity index (χ0) is 13.2. The molecule has 0 spiro atoms. The highest BCUT2D eigenvalue weighted by molar-refractivity contribution is 6.31. The molecule has 6 heteroatoms. The van der Waals surface area contributed by atoms with Crippen LogP contribution in [0.4, 0.5) is 13.2 Å². The van der Waals surface area contributed by atoms with Crippen molar-refractivity contribution in [2.75, 3.05) is 0 Å². The van der Waals surface area contributed by atoms with Gasteiger partial charge in [0.1, 0.15) is 11.4 Å². The number of hydrogen-bond donors (Lipinski definition) is 1. The number of aromatic nitrogens is 2. The molecule has 0 atom stereocenters. The Kier molecular flexibility index (Phi) is 3.30. The number of H-pyrrole nitrogens is 1. The summed E-state index contributed by atoms with van der Waals surface area (Å²) in [6.45, 7) is 0. The normalized spacial score (nSPS) is 10.9. The van der Waals surface area contributed by atoms with Gasteiger partial charge >= 0.3 is 6.18 Å². The first-order valence-corrected chi connectivity index (χ1v) is 5.23. The van der Waals surface area contributed by atoms with Gasteiger partial charge in [-0.3, -0.25) is 0 Å². The molecule has 0 unspecified atom stereocenters. The first-order valence-electron chi connectivity index (χ1n) is 4.85. The fourth-order valence-electron chi connectivity index (χ4n) is 1.30. The molecule has 18 heavy (non-hydrogen) atoms. The van der Waals surface area contributed by atoms with E-state index >= 15 is 0 Å². The zero-order valence-electron chi connectivity index (χ0n) is 8.85. The van der Waals surface area contributed by atoms with E-state index in [1.807, 2.05) is 0 Å². The lowest BCUT2D eigenvalue weighted by atomic mass is 10.2. The number of nitrogens with one attached hydrogen (secondary N) is 1. The fourth-order valence-corrected chi connectivity index (χ4v) is 1.47. The van der Waals surface area contributed by atoms with Crippen molar-refractivity contribution >= 4 is 11.6 Å². The Morgan fingerprint density at radius 3 is 2.61 bits per heavy atom. The molecule has 2 heterocycles. The average molecular weight is 271 g/mol. The maximum absolute atomic E-state index is 12.7. The molecule has 2 aromatic rings. The maximum Gasteiger partial charge on any atom is 0.419 e. The summed E-state index contributed by atoms with van der Waals surface area (Å²) in [6.07, 6.45) is -1.66. The highest BCUT2D eigenvalue weighted by atomic mass is 35.5. The molecule has 0 fully saturated rings. The number of pyridine rings is 1. The van der Waals surface area contributed by atoms with Crippen molar-refractivity contribution in [2.24, 2.45) is 0 Å². The van der Waals surface area contributed by atoms with E-state index in [-0.39, 0.29) is 5.69 Å². The summed E-state index contributed by atoms with van der Waals surface area (Å²) in [5.74, 6) is 4.89. The summed E-state index contributed by atoms with van der Waals surface area (Å²) < 4.78 is 38.0. The van der Waals surface area contributed by atoms with Gasteiger partial charge in [-0.2, -0.15) is 13.2 Å². The predicted octanol–water partition coefficient (Wildman–Crippen LogP) is 3.48. The highest BCUT2D eigenvalue weighted by Crippen LogP contribution is 2.30. The Labute approximate surface area is 106 Å². The van der Waals surface area contributed by atoms with Crippen LogP contribution in [0.25, 0.3) is 0 Å². The molecule has 2 aromatic heterocycles. The maximum atomic E-state index is 12.7. The molecule has 2 nitrogen and oxygen atoms in total. The summed E-state index contributed by atoms with van der Waals surface area (Å²) in [6, 6.07) is 3.72. The second-order valence-corrected chi connectivity index (χ2v) is 3.76. The molecular weight excluding hydrogens is 265 g/mol. The number of nitrogens with zero attached hydrogens (tertiary/aromatic N) is 1. The zero-order valence-corrected chi connectivity index (χ0v) is 9.60. The number of aromatic amines is 1. The van der Waals surface area contributed by atoms with E-state index in [4.69, 9.17) is 11.6 Å². The lowest BCUT2D eigenvalue weighted by Gasteiger charge is -2.06. The molecule has 0 amide bonds. The topological polar surface area (TPSA) is 28.7 Å². The van der Waals surface area contributed by atoms with Crippen LogP contribution in [0.5, 0.6) is 0 Å². The van der Waals surface area contributed by atoms with Gasteiger partial charge in [0.2, 0.25) is 0 Å². The van der Waals surface area contributed by atoms with Crippen LogP contribution in [0, 0.1) is 11.8 Å². The van der Waals surface area contributed by atoms with Crippen molar-refractivity contribution in [3.63, 3.8) is 0 Å². The smallest absolute Gasteiger partial charge is 0.354 e. The predicted molar refractivity (Wildman–Crippen MR) is 61.0 cm³/mol. The molecule has 0 aliphatic heterocycles. The van der Waals surface area contributed by atoms with Gasteiger partial charge in [-0.15, -0.1) is 0 Å². The minimum absolute atomic E-state index is 0.323. The van der Waals surface area contributed by atoms with E-state index < -0.39 is 11.7 Å². The molecule has 0 saturated heterocycles. The first kappa shape index (κ1) is 12.5. The van der Waals surface area contributed by atoms with Crippen LogP contribution in [0.1, 0.15) is 17.0 Å². The SMILES string of the molecule is FC(F)(F)c1cccnc1C#Cc1[nH]ccc1Cl. The lowest BCUT2D eigenvalue weighted by molar-refractivity contribution is -0.138. The van der Waals surface area contributed by atoms with Crippen LogP contribution in [0.15, 0.2) is 30.6 Å². The monoisotopic (exact) mass is 270 g/mol. The van der Waals surface area contributed by atoms with Gasteiger partial charge in [0.05, 0.1) is 10.6 Å². The molecular formula is C12H6ClF3N2. The molecule has 0 bridgehead atoms. The molecule has 0 saturated carbocycles.